The van der Waals surface area contributed by atoms with E-state index >= 15 is 0 Å². The van der Waals surface area contributed by atoms with Crippen LogP contribution in [0.4, 0.5) is 4.39 Å². The van der Waals surface area contributed by atoms with E-state index in [1.165, 1.54) is 23.0 Å². The molecule has 0 saturated heterocycles. The molecule has 0 aliphatic carbocycles. The molecule has 0 unspecified atom stereocenters. The molecule has 2 aromatic carbocycles. The molecule has 1 atom stereocenters. The summed E-state index contributed by atoms with van der Waals surface area (Å²) in [6.07, 6.45) is 2.31. The van der Waals surface area contributed by atoms with E-state index in [1.807, 2.05) is 26.0 Å². The topological polar surface area (TPSA) is 60.4 Å². The van der Waals surface area contributed by atoms with Crippen LogP contribution in [-0.2, 0) is 0 Å². The molecule has 0 bridgehead atoms. The molecule has 30 heavy (non-hydrogen) atoms. The number of nitrogens with zero attached hydrogens (tertiary/aromatic N) is 3. The van der Waals surface area contributed by atoms with Crippen LogP contribution in [0.2, 0.25) is 0 Å². The molecular weight excluding hydrogens is 449 g/mol. The van der Waals surface area contributed by atoms with Crippen molar-refractivity contribution in [2.45, 2.75) is 26.2 Å². The Morgan fingerprint density at radius 2 is 1.97 bits per heavy atom. The van der Waals surface area contributed by atoms with Crippen molar-refractivity contribution in [3.8, 4) is 11.3 Å². The molecule has 0 radical (unpaired) electrons. The van der Waals surface area contributed by atoms with Gasteiger partial charge in [-0.3, -0.25) is 4.79 Å². The van der Waals surface area contributed by atoms with Crippen molar-refractivity contribution in [3.63, 3.8) is 0 Å². The predicted octanol–water partition coefficient (Wildman–Crippen LogP) is 5.95. The van der Waals surface area contributed by atoms with Gasteiger partial charge in [-0.1, -0.05) is 29.8 Å². The van der Waals surface area contributed by atoms with E-state index in [1.54, 1.807) is 30.3 Å². The molecule has 4 aromatic rings. The summed E-state index contributed by atoms with van der Waals surface area (Å²) < 4.78 is 21.1. The number of benzene rings is 2. The molecule has 0 aliphatic heterocycles. The number of aromatic nitrogens is 2. The zero-order valence-electron chi connectivity index (χ0n) is 16.5. The van der Waals surface area contributed by atoms with Crippen molar-refractivity contribution < 1.29 is 8.81 Å². The highest BCUT2D eigenvalue weighted by Gasteiger charge is 2.15. The highest BCUT2D eigenvalue weighted by Crippen LogP contribution is 2.23. The average molecular weight is 468 g/mol. The van der Waals surface area contributed by atoms with Crippen molar-refractivity contribution >= 4 is 33.0 Å². The fourth-order valence-electron chi connectivity index (χ4n) is 3.09. The summed E-state index contributed by atoms with van der Waals surface area (Å²) in [5.74, 6) is 1.41. The maximum Gasteiger partial charge on any atom is 0.282 e. The fraction of sp³-hybridized carbons (Fsp3) is 0.174. The van der Waals surface area contributed by atoms with Crippen LogP contribution in [-0.4, -0.2) is 15.9 Å². The number of rotatable bonds is 5. The van der Waals surface area contributed by atoms with Gasteiger partial charge in [-0.2, -0.15) is 9.78 Å². The van der Waals surface area contributed by atoms with E-state index < -0.39 is 0 Å². The molecule has 2 aromatic heterocycles. The van der Waals surface area contributed by atoms with Gasteiger partial charge in [0, 0.05) is 16.0 Å². The third kappa shape index (κ3) is 3.98. The summed E-state index contributed by atoms with van der Waals surface area (Å²) in [5.41, 5.74) is 1.16. The van der Waals surface area contributed by atoms with Crippen molar-refractivity contribution in [1.29, 1.82) is 0 Å². The quantitative estimate of drug-likeness (QED) is 0.340. The molecule has 7 heteroatoms. The first-order valence-corrected chi connectivity index (χ1v) is 10.4. The van der Waals surface area contributed by atoms with E-state index in [-0.39, 0.29) is 17.3 Å². The maximum absolute atomic E-state index is 13.1. The van der Waals surface area contributed by atoms with Crippen molar-refractivity contribution in [1.82, 2.24) is 9.66 Å². The van der Waals surface area contributed by atoms with Gasteiger partial charge < -0.3 is 4.42 Å². The van der Waals surface area contributed by atoms with Gasteiger partial charge >= 0.3 is 0 Å². The van der Waals surface area contributed by atoms with Crippen molar-refractivity contribution in [3.05, 3.63) is 86.8 Å². The van der Waals surface area contributed by atoms with E-state index in [0.29, 0.717) is 28.2 Å². The van der Waals surface area contributed by atoms with Crippen molar-refractivity contribution in [2.24, 2.45) is 5.10 Å². The van der Waals surface area contributed by atoms with Crippen LogP contribution < -0.4 is 5.56 Å². The van der Waals surface area contributed by atoms with Crippen molar-refractivity contribution in [2.75, 3.05) is 0 Å². The number of hydrogen-bond acceptors (Lipinski definition) is 4. The Kier molecular flexibility index (Phi) is 5.63. The summed E-state index contributed by atoms with van der Waals surface area (Å²) >= 11 is 3.40. The van der Waals surface area contributed by atoms with Crippen LogP contribution in [0.5, 0.6) is 0 Å². The Balaban J connectivity index is 1.75. The van der Waals surface area contributed by atoms with Crippen LogP contribution in [0.3, 0.4) is 0 Å². The Hall–Kier alpha value is -3.06. The summed E-state index contributed by atoms with van der Waals surface area (Å²) in [4.78, 5) is 17.8. The van der Waals surface area contributed by atoms with Gasteiger partial charge in [0.15, 0.2) is 0 Å². The predicted molar refractivity (Wildman–Crippen MR) is 120 cm³/mol. The third-order valence-electron chi connectivity index (χ3n) is 4.94. The summed E-state index contributed by atoms with van der Waals surface area (Å²) in [5, 5.41) is 4.88. The van der Waals surface area contributed by atoms with Gasteiger partial charge in [-0.25, -0.2) is 9.37 Å². The van der Waals surface area contributed by atoms with Gasteiger partial charge in [0.05, 0.1) is 17.1 Å². The number of halogens is 2. The van der Waals surface area contributed by atoms with E-state index in [9.17, 15) is 9.18 Å². The highest BCUT2D eigenvalue weighted by atomic mass is 79.9. The van der Waals surface area contributed by atoms with E-state index in [0.717, 1.165) is 16.5 Å². The second-order valence-electron chi connectivity index (χ2n) is 7.01. The molecule has 5 nitrogen and oxygen atoms in total. The summed E-state index contributed by atoms with van der Waals surface area (Å²) in [6, 6.07) is 15.0. The van der Waals surface area contributed by atoms with E-state index in [2.05, 4.69) is 26.0 Å². The van der Waals surface area contributed by atoms with Gasteiger partial charge in [-0.05, 0) is 61.0 Å². The highest BCUT2D eigenvalue weighted by molar-refractivity contribution is 9.10. The van der Waals surface area contributed by atoms with Crippen LogP contribution in [0.25, 0.3) is 22.2 Å². The molecule has 0 aliphatic rings. The Labute approximate surface area is 181 Å². The largest absolute Gasteiger partial charge is 0.455 e. The molecular formula is C23H19BrFN3O2. The molecule has 0 spiro atoms. The van der Waals surface area contributed by atoms with E-state index in [4.69, 9.17) is 4.42 Å². The average Bonchev–Trinajstić information content (AvgIpc) is 3.22. The first kappa shape index (κ1) is 20.2. The van der Waals surface area contributed by atoms with Crippen LogP contribution >= 0.6 is 15.9 Å². The number of fused-ring (bicyclic) bond motifs is 1. The van der Waals surface area contributed by atoms with Gasteiger partial charge in [-0.15, -0.1) is 0 Å². The number of hydrogen-bond donors (Lipinski definition) is 0. The van der Waals surface area contributed by atoms with Crippen LogP contribution in [0.15, 0.2) is 73.4 Å². The second kappa shape index (κ2) is 8.36. The second-order valence-corrected chi connectivity index (χ2v) is 7.93. The van der Waals surface area contributed by atoms with Crippen LogP contribution in [0, 0.1) is 5.82 Å². The molecule has 2 heterocycles. The lowest BCUT2D eigenvalue weighted by atomic mass is 10.1. The van der Waals surface area contributed by atoms with Gasteiger partial charge in [0.25, 0.3) is 5.56 Å². The molecule has 0 N–H and O–H groups in total. The summed E-state index contributed by atoms with van der Waals surface area (Å²) in [6.45, 7) is 4.05. The van der Waals surface area contributed by atoms with Crippen LogP contribution in [0.1, 0.15) is 37.8 Å². The zero-order chi connectivity index (χ0) is 21.3. The molecule has 0 fully saturated rings. The molecule has 0 saturated carbocycles. The molecule has 4 rings (SSSR count). The first-order valence-electron chi connectivity index (χ1n) is 9.58. The zero-order valence-corrected chi connectivity index (χ0v) is 18.1. The summed E-state index contributed by atoms with van der Waals surface area (Å²) in [7, 11) is 0. The Bertz CT molecular complexity index is 1290. The Morgan fingerprint density at radius 3 is 2.70 bits per heavy atom. The standard InChI is InChI=1S/C23H19BrFN3O2/c1-3-14(2)22-27-20-10-6-16(24)12-19(20)23(29)28(22)26-13-18-9-11-21(30-18)15-4-7-17(25)8-5-15/h4-14H,3H2,1-2H3/t14-/m0/s1. The minimum absolute atomic E-state index is 0.0503. The first-order chi connectivity index (χ1) is 14.5. The lowest BCUT2D eigenvalue weighted by Crippen LogP contribution is -2.23. The minimum Gasteiger partial charge on any atom is -0.455 e. The normalized spacial score (nSPS) is 12.7. The fourth-order valence-corrected chi connectivity index (χ4v) is 3.45. The minimum atomic E-state index is -0.306. The van der Waals surface area contributed by atoms with Gasteiger partial charge in [0.1, 0.15) is 23.2 Å². The maximum atomic E-state index is 13.1. The number of furan rings is 1. The lowest BCUT2D eigenvalue weighted by molar-refractivity contribution is 0.571. The lowest BCUT2D eigenvalue weighted by Gasteiger charge is -2.13. The van der Waals surface area contributed by atoms with Gasteiger partial charge in [0.2, 0.25) is 0 Å². The third-order valence-corrected chi connectivity index (χ3v) is 5.44. The molecule has 0 amide bonds. The SMILES string of the molecule is CC[C@H](C)c1nc2ccc(Br)cc2c(=O)n1N=Cc1ccc(-c2ccc(F)cc2)o1. The smallest absolute Gasteiger partial charge is 0.282 e. The Morgan fingerprint density at radius 1 is 1.20 bits per heavy atom. The molecule has 152 valence electrons. The monoisotopic (exact) mass is 467 g/mol.